The van der Waals surface area contributed by atoms with E-state index in [1.165, 1.54) is 37.2 Å². The van der Waals surface area contributed by atoms with Gasteiger partial charge in [0.05, 0.1) is 43.2 Å². The first-order valence-corrected chi connectivity index (χ1v) is 11.5. The van der Waals surface area contributed by atoms with Crippen LogP contribution < -0.4 is 5.73 Å². The van der Waals surface area contributed by atoms with Gasteiger partial charge in [0.2, 0.25) is 5.91 Å². The number of likely N-dealkylation sites (N-methyl/N-ethyl adjacent to an activating group) is 1. The van der Waals surface area contributed by atoms with E-state index in [0.717, 1.165) is 0 Å². The molecule has 1 aromatic carbocycles. The number of aromatic hydroxyl groups is 1. The number of nitrogens with two attached hydrogens (primary N) is 1. The van der Waals surface area contributed by atoms with Gasteiger partial charge in [0.1, 0.15) is 5.75 Å². The minimum atomic E-state index is -3.06. The summed E-state index contributed by atoms with van der Waals surface area (Å²) >= 11 is 0. The molecule has 12 heteroatoms. The van der Waals surface area contributed by atoms with Gasteiger partial charge >= 0.3 is 0 Å². The zero-order chi connectivity index (χ0) is 27.7. The highest BCUT2D eigenvalue weighted by Gasteiger charge is 2.72. The number of aliphatic hydroxyl groups is 2. The normalized spacial score (nSPS) is 33.5. The van der Waals surface area contributed by atoms with Gasteiger partial charge < -0.3 is 25.9 Å². The number of hydroxylamine groups is 2. The van der Waals surface area contributed by atoms with Crippen molar-refractivity contribution in [2.75, 3.05) is 28.3 Å². The van der Waals surface area contributed by atoms with Crippen molar-refractivity contribution in [3.05, 3.63) is 35.4 Å². The average Bonchev–Trinajstić information content (AvgIpc) is 2.82. The van der Waals surface area contributed by atoms with Gasteiger partial charge in [0.15, 0.2) is 34.7 Å². The van der Waals surface area contributed by atoms with Crippen LogP contribution in [0.15, 0.2) is 18.7 Å². The summed E-state index contributed by atoms with van der Waals surface area (Å²) in [7, 11) is 5.86. The first kappa shape index (κ1) is 26.8. The van der Waals surface area contributed by atoms with Crippen molar-refractivity contribution in [3.8, 4) is 5.75 Å². The molecule has 12 nitrogen and oxygen atoms in total. The number of hydrogen-bond acceptors (Lipinski definition) is 11. The molecular weight excluding hydrogens is 486 g/mol. The summed E-state index contributed by atoms with van der Waals surface area (Å²) in [6.45, 7) is 4.05. The van der Waals surface area contributed by atoms with E-state index in [9.17, 15) is 39.3 Å². The Labute approximate surface area is 212 Å². The van der Waals surface area contributed by atoms with Crippen molar-refractivity contribution in [2.45, 2.75) is 24.3 Å². The number of phenolic OH excluding ortho intramolecular Hbond substituents is 1. The summed E-state index contributed by atoms with van der Waals surface area (Å²) in [6, 6.07) is 1.63. The Kier molecular flexibility index (Phi) is 6.46. The number of amides is 1. The van der Waals surface area contributed by atoms with E-state index < -0.39 is 76.2 Å². The van der Waals surface area contributed by atoms with E-state index in [2.05, 4.69) is 6.58 Å². The number of Topliss-reactive ketones (excluding diaryl/α,β-unsaturated/α-hetero) is 4. The predicted octanol–water partition coefficient (Wildman–Crippen LogP) is -1.70. The summed E-state index contributed by atoms with van der Waals surface area (Å²) in [6.07, 6.45) is -1.76. The zero-order valence-electron chi connectivity index (χ0n) is 20.8. The Morgan fingerprint density at radius 2 is 1.78 bits per heavy atom. The second kappa shape index (κ2) is 8.92. The molecule has 4 rings (SSSR count). The number of nitrogens with zero attached hydrogens (tertiary/aromatic N) is 2. The first-order valence-electron chi connectivity index (χ1n) is 11.5. The number of rotatable bonds is 5. The summed E-state index contributed by atoms with van der Waals surface area (Å²) < 4.78 is 0. The molecule has 3 aliphatic carbocycles. The summed E-state index contributed by atoms with van der Waals surface area (Å²) in [5.74, 6) is -13.4. The lowest BCUT2D eigenvalue weighted by Crippen LogP contribution is -2.77. The van der Waals surface area contributed by atoms with Gasteiger partial charge in [0.25, 0.3) is 0 Å². The van der Waals surface area contributed by atoms with Crippen molar-refractivity contribution < 1.29 is 44.1 Å². The van der Waals surface area contributed by atoms with Crippen LogP contribution in [0, 0.1) is 23.7 Å². The number of aliphatic hydroxyl groups excluding tert-OH is 1. The van der Waals surface area contributed by atoms with Crippen LogP contribution in [0.25, 0.3) is 5.57 Å². The lowest BCUT2D eigenvalue weighted by molar-refractivity contribution is -0.192. The molecule has 0 aromatic heterocycles. The maximum atomic E-state index is 13.9. The second-order valence-electron chi connectivity index (χ2n) is 10.0. The molecule has 0 aliphatic heterocycles. The Morgan fingerprint density at radius 1 is 1.16 bits per heavy atom. The topological polar surface area (TPSA) is 188 Å². The lowest BCUT2D eigenvalue weighted by atomic mass is 9.50. The SMILES string of the molecule is C=C1c2ccc(CN(C)OC)c(O)c2C(=O)C2C(=O)[C@]3(O)C(=O)C(C(N)=O)C(=O)[C@@H](N(C)C)[C@@H]3[C@@H](O)[C@H]12. The monoisotopic (exact) mass is 515 g/mol. The minimum Gasteiger partial charge on any atom is -0.507 e. The van der Waals surface area contributed by atoms with Crippen LogP contribution >= 0.6 is 0 Å². The minimum absolute atomic E-state index is 0.0808. The number of carbonyl (C=O) groups excluding carboxylic acids is 5. The third-order valence-corrected chi connectivity index (χ3v) is 7.87. The fourth-order valence-corrected chi connectivity index (χ4v) is 6.08. The van der Waals surface area contributed by atoms with Crippen molar-refractivity contribution in [1.29, 1.82) is 0 Å². The number of benzene rings is 1. The van der Waals surface area contributed by atoms with E-state index in [0.29, 0.717) is 5.56 Å². The van der Waals surface area contributed by atoms with Crippen molar-refractivity contribution >= 4 is 34.6 Å². The van der Waals surface area contributed by atoms with Crippen LogP contribution in [-0.2, 0) is 30.6 Å². The van der Waals surface area contributed by atoms with Crippen LogP contribution in [0.1, 0.15) is 21.5 Å². The molecule has 0 heterocycles. The molecule has 37 heavy (non-hydrogen) atoms. The first-order chi connectivity index (χ1) is 17.2. The van der Waals surface area contributed by atoms with Crippen LogP contribution in [0.5, 0.6) is 5.75 Å². The highest BCUT2D eigenvalue weighted by molar-refractivity contribution is 6.33. The molecule has 1 aromatic rings. The van der Waals surface area contributed by atoms with Crippen molar-refractivity contribution in [1.82, 2.24) is 9.96 Å². The van der Waals surface area contributed by atoms with Gasteiger partial charge in [-0.2, -0.15) is 5.06 Å². The third kappa shape index (κ3) is 3.51. The quantitative estimate of drug-likeness (QED) is 0.259. The third-order valence-electron chi connectivity index (χ3n) is 7.87. The Morgan fingerprint density at radius 3 is 2.32 bits per heavy atom. The zero-order valence-corrected chi connectivity index (χ0v) is 20.8. The molecule has 2 saturated carbocycles. The second-order valence-corrected chi connectivity index (χ2v) is 10.0. The molecule has 0 bridgehead atoms. The van der Waals surface area contributed by atoms with Gasteiger partial charge in [-0.1, -0.05) is 18.7 Å². The number of hydrogen-bond donors (Lipinski definition) is 4. The van der Waals surface area contributed by atoms with Crippen molar-refractivity contribution in [2.24, 2.45) is 29.4 Å². The van der Waals surface area contributed by atoms with Crippen LogP contribution in [0.3, 0.4) is 0 Å². The molecule has 2 fully saturated rings. The van der Waals surface area contributed by atoms with Gasteiger partial charge in [0, 0.05) is 18.5 Å². The Hall–Kier alpha value is -3.29. The van der Waals surface area contributed by atoms with Gasteiger partial charge in [-0.15, -0.1) is 0 Å². The van der Waals surface area contributed by atoms with Crippen LogP contribution in [-0.4, -0.2) is 100 Å². The Bertz CT molecular complexity index is 1260. The average molecular weight is 516 g/mol. The number of primary amides is 1. The maximum absolute atomic E-state index is 13.9. The highest BCUT2D eigenvalue weighted by atomic mass is 16.7. The van der Waals surface area contributed by atoms with E-state index >= 15 is 0 Å². The molecule has 0 radical (unpaired) electrons. The molecule has 2 unspecified atom stereocenters. The molecule has 7 atom stereocenters. The van der Waals surface area contributed by atoms with Gasteiger partial charge in [-0.3, -0.25) is 28.9 Å². The van der Waals surface area contributed by atoms with Crippen molar-refractivity contribution in [3.63, 3.8) is 0 Å². The number of fused-ring (bicyclic) bond motifs is 3. The predicted molar refractivity (Wildman–Crippen MR) is 127 cm³/mol. The summed E-state index contributed by atoms with van der Waals surface area (Å²) in [4.78, 5) is 72.4. The Balaban J connectivity index is 1.92. The van der Waals surface area contributed by atoms with E-state index in [-0.39, 0.29) is 23.2 Å². The van der Waals surface area contributed by atoms with Crippen LogP contribution in [0.4, 0.5) is 0 Å². The highest BCUT2D eigenvalue weighted by Crippen LogP contribution is 2.54. The van der Waals surface area contributed by atoms with E-state index in [1.807, 2.05) is 0 Å². The summed E-state index contributed by atoms with van der Waals surface area (Å²) in [5, 5.41) is 35.4. The number of carbonyl (C=O) groups is 5. The molecular formula is C25H29N3O9. The van der Waals surface area contributed by atoms with Gasteiger partial charge in [-0.25, -0.2) is 0 Å². The standard InChI is InChI=1S/C25H29N3O9/c1-9-11-7-6-10(8-28(4)37-5)18(29)13(11)19(30)14-12(9)20(31)16-17(27(2)3)21(32)15(24(26)35)23(34)25(16,36)22(14)33/h6-7,12,14-17,20,29,31,36H,1,8H2,2-5H3,(H2,26,35)/t12-,14?,15?,16-,17+,20+,25+/m1/s1. The van der Waals surface area contributed by atoms with E-state index in [1.54, 1.807) is 13.1 Å². The number of phenols is 1. The fourth-order valence-electron chi connectivity index (χ4n) is 6.08. The largest absolute Gasteiger partial charge is 0.507 e. The molecule has 1 amide bonds. The summed E-state index contributed by atoms with van der Waals surface area (Å²) in [5.41, 5.74) is 2.60. The molecule has 0 spiro atoms. The van der Waals surface area contributed by atoms with Crippen LogP contribution in [0.2, 0.25) is 0 Å². The fraction of sp³-hybridized carbons (Fsp3) is 0.480. The van der Waals surface area contributed by atoms with Gasteiger partial charge in [-0.05, 0) is 25.2 Å². The smallest absolute Gasteiger partial charge is 0.235 e. The molecule has 3 aliphatic rings. The molecule has 5 N–H and O–H groups in total. The molecule has 198 valence electrons. The lowest BCUT2D eigenvalue weighted by Gasteiger charge is -2.55. The number of ketones is 4. The maximum Gasteiger partial charge on any atom is 0.235 e. The van der Waals surface area contributed by atoms with E-state index in [4.69, 9.17) is 10.6 Å². The molecule has 0 saturated heterocycles.